The van der Waals surface area contributed by atoms with Gasteiger partial charge in [-0.3, -0.25) is 13.9 Å². The number of carbonyl (C=O) groups excluding carboxylic acids is 2. The number of anilines is 1. The van der Waals surface area contributed by atoms with Crippen LogP contribution in [0, 0.1) is 20.8 Å². The largest absolute Gasteiger partial charge is 0.352 e. The minimum absolute atomic E-state index is 0.0797. The van der Waals surface area contributed by atoms with E-state index in [2.05, 4.69) is 5.32 Å². The molecule has 0 heterocycles. The van der Waals surface area contributed by atoms with E-state index in [0.717, 1.165) is 44.8 Å². The molecule has 7 nitrogen and oxygen atoms in total. The summed E-state index contributed by atoms with van der Waals surface area (Å²) in [5, 5.41) is 3.05. The predicted octanol–water partition coefficient (Wildman–Crippen LogP) is 4.93. The fourth-order valence-electron chi connectivity index (χ4n) is 4.67. The second-order valence-corrected chi connectivity index (χ2v) is 12.5. The standard InChI is InChI=1S/C32H41N3O4S/c1-7-26(5)33-32(37)30(20-27-14-9-8-10-15-27)34(21-28-16-12-11-13-25(28)4)31(36)22-35(40(6,38)39)29-18-23(2)17-24(3)19-29/h8-19,26,30H,7,20-22H2,1-6H3,(H,33,37). The van der Waals surface area contributed by atoms with Gasteiger partial charge < -0.3 is 10.2 Å². The van der Waals surface area contributed by atoms with Crippen molar-refractivity contribution in [3.63, 3.8) is 0 Å². The van der Waals surface area contributed by atoms with Gasteiger partial charge >= 0.3 is 0 Å². The van der Waals surface area contributed by atoms with Crippen LogP contribution in [0.3, 0.4) is 0 Å². The molecule has 3 aromatic carbocycles. The molecule has 0 saturated heterocycles. The number of hydrogen-bond acceptors (Lipinski definition) is 4. The van der Waals surface area contributed by atoms with Crippen molar-refractivity contribution in [3.8, 4) is 0 Å². The van der Waals surface area contributed by atoms with Crippen LogP contribution in [0.1, 0.15) is 48.1 Å². The maximum Gasteiger partial charge on any atom is 0.244 e. The minimum atomic E-state index is -3.80. The molecule has 2 unspecified atom stereocenters. The molecule has 0 aromatic heterocycles. The van der Waals surface area contributed by atoms with Crippen LogP contribution in [0.4, 0.5) is 5.69 Å². The van der Waals surface area contributed by atoms with Gasteiger partial charge in [-0.1, -0.05) is 67.6 Å². The number of nitrogens with zero attached hydrogens (tertiary/aromatic N) is 2. The van der Waals surface area contributed by atoms with E-state index in [1.165, 1.54) is 4.90 Å². The Bertz CT molecular complexity index is 1400. The summed E-state index contributed by atoms with van der Waals surface area (Å²) < 4.78 is 27.1. The number of sulfonamides is 1. The van der Waals surface area contributed by atoms with E-state index in [9.17, 15) is 18.0 Å². The maximum atomic E-state index is 14.2. The molecule has 2 atom stereocenters. The fourth-order valence-corrected chi connectivity index (χ4v) is 5.51. The van der Waals surface area contributed by atoms with Crippen molar-refractivity contribution in [1.82, 2.24) is 10.2 Å². The molecule has 214 valence electrons. The highest BCUT2D eigenvalue weighted by atomic mass is 32.2. The van der Waals surface area contributed by atoms with Crippen LogP contribution in [-0.4, -0.2) is 50.0 Å². The number of hydrogen-bond donors (Lipinski definition) is 1. The van der Waals surface area contributed by atoms with Gasteiger partial charge in [0.1, 0.15) is 12.6 Å². The van der Waals surface area contributed by atoms with Gasteiger partial charge in [0.2, 0.25) is 21.8 Å². The first-order valence-electron chi connectivity index (χ1n) is 13.6. The average molecular weight is 564 g/mol. The highest BCUT2D eigenvalue weighted by molar-refractivity contribution is 7.92. The molecule has 3 aromatic rings. The molecule has 8 heteroatoms. The Morgan fingerprint density at radius 1 is 0.900 bits per heavy atom. The predicted molar refractivity (Wildman–Crippen MR) is 162 cm³/mol. The van der Waals surface area contributed by atoms with Crippen LogP contribution >= 0.6 is 0 Å². The molecule has 0 aliphatic rings. The Kier molecular flexibility index (Phi) is 10.5. The maximum absolute atomic E-state index is 14.2. The van der Waals surface area contributed by atoms with Gasteiger partial charge in [-0.15, -0.1) is 0 Å². The first kappa shape index (κ1) is 30.9. The third-order valence-electron chi connectivity index (χ3n) is 7.05. The summed E-state index contributed by atoms with van der Waals surface area (Å²) in [5.41, 5.74) is 4.99. The Morgan fingerprint density at radius 2 is 1.50 bits per heavy atom. The number of amides is 2. The minimum Gasteiger partial charge on any atom is -0.352 e. The van der Waals surface area contributed by atoms with E-state index in [0.29, 0.717) is 12.1 Å². The van der Waals surface area contributed by atoms with Crippen molar-refractivity contribution in [1.29, 1.82) is 0 Å². The number of aryl methyl sites for hydroxylation is 3. The third kappa shape index (κ3) is 8.42. The summed E-state index contributed by atoms with van der Waals surface area (Å²) in [7, 11) is -3.80. The molecule has 3 rings (SSSR count). The van der Waals surface area contributed by atoms with E-state index >= 15 is 0 Å². The number of nitrogens with one attached hydrogen (secondary N) is 1. The Labute approximate surface area is 239 Å². The summed E-state index contributed by atoms with van der Waals surface area (Å²) in [6.07, 6.45) is 2.13. The van der Waals surface area contributed by atoms with Crippen molar-refractivity contribution in [2.75, 3.05) is 17.1 Å². The van der Waals surface area contributed by atoms with E-state index in [4.69, 9.17) is 0 Å². The van der Waals surface area contributed by atoms with Crippen molar-refractivity contribution < 1.29 is 18.0 Å². The number of carbonyl (C=O) groups is 2. The normalized spacial score (nSPS) is 12.8. The first-order valence-corrected chi connectivity index (χ1v) is 15.5. The second-order valence-electron chi connectivity index (χ2n) is 10.6. The molecule has 2 amide bonds. The van der Waals surface area contributed by atoms with E-state index in [1.807, 2.05) is 95.3 Å². The summed E-state index contributed by atoms with van der Waals surface area (Å²) >= 11 is 0. The summed E-state index contributed by atoms with van der Waals surface area (Å²) in [6.45, 7) is 9.40. The van der Waals surface area contributed by atoms with Crippen LogP contribution in [0.15, 0.2) is 72.8 Å². The Hall–Kier alpha value is -3.65. The van der Waals surface area contributed by atoms with Gasteiger partial charge in [-0.2, -0.15) is 0 Å². The average Bonchev–Trinajstić information content (AvgIpc) is 2.89. The lowest BCUT2D eigenvalue weighted by atomic mass is 10.0. The van der Waals surface area contributed by atoms with E-state index < -0.39 is 28.5 Å². The fraction of sp³-hybridized carbons (Fsp3) is 0.375. The van der Waals surface area contributed by atoms with Gasteiger partial charge in [0.15, 0.2) is 0 Å². The smallest absolute Gasteiger partial charge is 0.244 e. The van der Waals surface area contributed by atoms with Gasteiger partial charge in [0.25, 0.3) is 0 Å². The van der Waals surface area contributed by atoms with Crippen molar-refractivity contribution in [3.05, 3.63) is 101 Å². The van der Waals surface area contributed by atoms with Gasteiger partial charge in [0, 0.05) is 19.0 Å². The lowest BCUT2D eigenvalue weighted by Crippen LogP contribution is -2.54. The molecule has 0 aliphatic heterocycles. The van der Waals surface area contributed by atoms with Crippen molar-refractivity contribution in [2.45, 2.75) is 66.1 Å². The zero-order valence-electron chi connectivity index (χ0n) is 24.3. The molecule has 0 spiro atoms. The molecule has 1 N–H and O–H groups in total. The topological polar surface area (TPSA) is 86.8 Å². The van der Waals surface area contributed by atoms with Gasteiger partial charge in [0.05, 0.1) is 11.9 Å². The molecule has 40 heavy (non-hydrogen) atoms. The van der Waals surface area contributed by atoms with Crippen LogP contribution in [-0.2, 0) is 32.6 Å². The highest BCUT2D eigenvalue weighted by Gasteiger charge is 2.33. The lowest BCUT2D eigenvalue weighted by molar-refractivity contribution is -0.140. The molecular formula is C32H41N3O4S. The van der Waals surface area contributed by atoms with Gasteiger partial charge in [-0.05, 0) is 74.1 Å². The molecule has 0 saturated carbocycles. The Balaban J connectivity index is 2.09. The van der Waals surface area contributed by atoms with E-state index in [-0.39, 0.29) is 18.5 Å². The summed E-state index contributed by atoms with van der Waals surface area (Å²) in [6, 6.07) is 21.8. The van der Waals surface area contributed by atoms with Crippen LogP contribution < -0.4 is 9.62 Å². The monoisotopic (exact) mass is 563 g/mol. The lowest BCUT2D eigenvalue weighted by Gasteiger charge is -2.34. The van der Waals surface area contributed by atoms with Crippen LogP contribution in [0.2, 0.25) is 0 Å². The van der Waals surface area contributed by atoms with Gasteiger partial charge in [-0.25, -0.2) is 8.42 Å². The van der Waals surface area contributed by atoms with Crippen molar-refractivity contribution >= 4 is 27.5 Å². The number of benzene rings is 3. The zero-order valence-corrected chi connectivity index (χ0v) is 25.2. The molecule has 0 radical (unpaired) electrons. The summed E-state index contributed by atoms with van der Waals surface area (Å²) in [5.74, 6) is -0.717. The molecule has 0 fully saturated rings. The second kappa shape index (κ2) is 13.6. The third-order valence-corrected chi connectivity index (χ3v) is 8.19. The van der Waals surface area contributed by atoms with E-state index in [1.54, 1.807) is 12.1 Å². The molecule has 0 aliphatic carbocycles. The van der Waals surface area contributed by atoms with Crippen LogP contribution in [0.25, 0.3) is 0 Å². The zero-order chi connectivity index (χ0) is 29.4. The SMILES string of the molecule is CCC(C)NC(=O)C(Cc1ccccc1)N(Cc1ccccc1C)C(=O)CN(c1cc(C)cc(C)c1)S(C)(=O)=O. The first-order chi connectivity index (χ1) is 18.9. The van der Waals surface area contributed by atoms with Crippen molar-refractivity contribution in [2.24, 2.45) is 0 Å². The Morgan fingerprint density at radius 3 is 2.08 bits per heavy atom. The molecule has 0 bridgehead atoms. The molecular weight excluding hydrogens is 522 g/mol. The highest BCUT2D eigenvalue weighted by Crippen LogP contribution is 2.23. The quantitative estimate of drug-likeness (QED) is 0.339. The van der Waals surface area contributed by atoms with Crippen LogP contribution in [0.5, 0.6) is 0 Å². The number of rotatable bonds is 12. The summed E-state index contributed by atoms with van der Waals surface area (Å²) in [4.78, 5) is 29.5.